The van der Waals surface area contributed by atoms with E-state index in [4.69, 9.17) is 4.74 Å². The first-order valence-corrected chi connectivity index (χ1v) is 6.71. The van der Waals surface area contributed by atoms with Crippen LogP contribution < -0.4 is 15.4 Å². The number of ether oxygens (including phenoxy) is 2. The monoisotopic (exact) mass is 302 g/mol. The molecule has 0 spiro atoms. The van der Waals surface area contributed by atoms with Gasteiger partial charge in [-0.2, -0.15) is 8.78 Å². The van der Waals surface area contributed by atoms with E-state index in [2.05, 4.69) is 15.4 Å². The molecular weight excluding hydrogens is 282 g/mol. The lowest BCUT2D eigenvalue weighted by atomic mass is 10.2. The predicted octanol–water partition coefficient (Wildman–Crippen LogP) is 3.14. The van der Waals surface area contributed by atoms with Crippen LogP contribution in [0.1, 0.15) is 18.9 Å². The number of halogens is 2. The van der Waals surface area contributed by atoms with E-state index in [1.165, 1.54) is 18.2 Å². The quantitative estimate of drug-likeness (QED) is 0.725. The Kier molecular flexibility index (Phi) is 7.45. The lowest BCUT2D eigenvalue weighted by Gasteiger charge is -2.12. The molecular formula is C14H20F2N2O3. The first kappa shape index (κ1) is 17.2. The summed E-state index contributed by atoms with van der Waals surface area (Å²) in [5, 5.41) is 5.27. The van der Waals surface area contributed by atoms with Gasteiger partial charge in [-0.15, -0.1) is 0 Å². The first-order chi connectivity index (χ1) is 10.0. The molecule has 2 N–H and O–H groups in total. The van der Waals surface area contributed by atoms with E-state index in [1.54, 1.807) is 6.92 Å². The molecule has 0 saturated heterocycles. The van der Waals surface area contributed by atoms with Gasteiger partial charge in [0.25, 0.3) is 0 Å². The standard InChI is InChI=1S/C14H20F2N2O3/c1-3-7-20-8-6-17-14(19)18-12-5-4-11(9-10(12)2)21-13(15)16/h4-5,9,13H,3,6-8H2,1-2H3,(H2,17,18,19). The summed E-state index contributed by atoms with van der Waals surface area (Å²) in [4.78, 5) is 11.6. The van der Waals surface area contributed by atoms with Crippen molar-refractivity contribution in [2.75, 3.05) is 25.1 Å². The number of hydrogen-bond donors (Lipinski definition) is 2. The Morgan fingerprint density at radius 2 is 2.10 bits per heavy atom. The SMILES string of the molecule is CCCOCCNC(=O)Nc1ccc(OC(F)F)cc1C. The van der Waals surface area contributed by atoms with Gasteiger partial charge >= 0.3 is 12.6 Å². The first-order valence-electron chi connectivity index (χ1n) is 6.71. The van der Waals surface area contributed by atoms with Gasteiger partial charge in [0.15, 0.2) is 0 Å². The second kappa shape index (κ2) is 9.12. The fourth-order valence-corrected chi connectivity index (χ4v) is 1.60. The van der Waals surface area contributed by atoms with Gasteiger partial charge in [-0.3, -0.25) is 0 Å². The molecule has 0 aliphatic heterocycles. The Morgan fingerprint density at radius 3 is 2.71 bits per heavy atom. The third-order valence-corrected chi connectivity index (χ3v) is 2.55. The second-order valence-corrected chi connectivity index (χ2v) is 4.35. The normalized spacial score (nSPS) is 10.5. The zero-order chi connectivity index (χ0) is 15.7. The second-order valence-electron chi connectivity index (χ2n) is 4.35. The number of nitrogens with one attached hydrogen (secondary N) is 2. The van der Waals surface area contributed by atoms with Crippen LogP contribution in [0.25, 0.3) is 0 Å². The van der Waals surface area contributed by atoms with E-state index in [1.807, 2.05) is 6.92 Å². The van der Waals surface area contributed by atoms with Crippen molar-refractivity contribution in [3.63, 3.8) is 0 Å². The number of aryl methyl sites for hydroxylation is 1. The van der Waals surface area contributed by atoms with Crippen LogP contribution in [-0.4, -0.2) is 32.4 Å². The Labute approximate surface area is 122 Å². The highest BCUT2D eigenvalue weighted by atomic mass is 19.3. The smallest absolute Gasteiger partial charge is 0.387 e. The molecule has 0 aliphatic rings. The van der Waals surface area contributed by atoms with Gasteiger partial charge in [-0.05, 0) is 37.1 Å². The fraction of sp³-hybridized carbons (Fsp3) is 0.500. The van der Waals surface area contributed by atoms with Crippen molar-refractivity contribution >= 4 is 11.7 Å². The Morgan fingerprint density at radius 1 is 1.33 bits per heavy atom. The van der Waals surface area contributed by atoms with E-state index in [0.717, 1.165) is 6.42 Å². The van der Waals surface area contributed by atoms with Crippen LogP contribution in [0.15, 0.2) is 18.2 Å². The van der Waals surface area contributed by atoms with Gasteiger partial charge in [0.2, 0.25) is 0 Å². The highest BCUT2D eigenvalue weighted by Crippen LogP contribution is 2.22. The van der Waals surface area contributed by atoms with Crippen LogP contribution >= 0.6 is 0 Å². The van der Waals surface area contributed by atoms with Crippen LogP contribution in [0, 0.1) is 6.92 Å². The van der Waals surface area contributed by atoms with E-state index < -0.39 is 6.61 Å². The molecule has 118 valence electrons. The molecule has 1 aromatic rings. The summed E-state index contributed by atoms with van der Waals surface area (Å²) < 4.78 is 33.7. The molecule has 5 nitrogen and oxygen atoms in total. The van der Waals surface area contributed by atoms with Crippen LogP contribution in [-0.2, 0) is 4.74 Å². The topological polar surface area (TPSA) is 59.6 Å². The van der Waals surface area contributed by atoms with Crippen LogP contribution in [0.2, 0.25) is 0 Å². The zero-order valence-electron chi connectivity index (χ0n) is 12.1. The van der Waals surface area contributed by atoms with Crippen molar-refractivity contribution in [3.05, 3.63) is 23.8 Å². The lowest BCUT2D eigenvalue weighted by molar-refractivity contribution is -0.0498. The van der Waals surface area contributed by atoms with Gasteiger partial charge in [0, 0.05) is 18.8 Å². The Hall–Kier alpha value is -1.89. The van der Waals surface area contributed by atoms with Gasteiger partial charge in [0.05, 0.1) is 6.61 Å². The van der Waals surface area contributed by atoms with E-state index in [-0.39, 0.29) is 11.8 Å². The largest absolute Gasteiger partial charge is 0.435 e. The van der Waals surface area contributed by atoms with Crippen molar-refractivity contribution in [3.8, 4) is 5.75 Å². The number of carbonyl (C=O) groups excluding carboxylic acids is 1. The van der Waals surface area contributed by atoms with E-state index >= 15 is 0 Å². The average molecular weight is 302 g/mol. The number of anilines is 1. The molecule has 0 heterocycles. The average Bonchev–Trinajstić information content (AvgIpc) is 2.41. The minimum absolute atomic E-state index is 0.0569. The molecule has 0 radical (unpaired) electrons. The Balaban J connectivity index is 2.41. The molecule has 0 atom stereocenters. The molecule has 0 aromatic heterocycles. The summed E-state index contributed by atoms with van der Waals surface area (Å²) in [6, 6.07) is 3.95. The molecule has 0 fully saturated rings. The Bertz CT molecular complexity index is 456. The number of hydrogen-bond acceptors (Lipinski definition) is 3. The number of urea groups is 1. The molecule has 2 amide bonds. The highest BCUT2D eigenvalue weighted by Gasteiger charge is 2.08. The summed E-state index contributed by atoms with van der Waals surface area (Å²) >= 11 is 0. The third kappa shape index (κ3) is 6.89. The van der Waals surface area contributed by atoms with Crippen molar-refractivity contribution < 1.29 is 23.0 Å². The molecule has 0 aliphatic carbocycles. The summed E-state index contributed by atoms with van der Waals surface area (Å²) in [6.45, 7) is 2.34. The van der Waals surface area contributed by atoms with Crippen LogP contribution in [0.5, 0.6) is 5.75 Å². The number of alkyl halides is 2. The molecule has 0 bridgehead atoms. The van der Waals surface area contributed by atoms with Gasteiger partial charge in [-0.1, -0.05) is 6.92 Å². The van der Waals surface area contributed by atoms with Crippen molar-refractivity contribution in [2.24, 2.45) is 0 Å². The van der Waals surface area contributed by atoms with E-state index in [9.17, 15) is 13.6 Å². The number of rotatable bonds is 8. The maximum Gasteiger partial charge on any atom is 0.387 e. The number of carbonyl (C=O) groups is 1. The van der Waals surface area contributed by atoms with E-state index in [0.29, 0.717) is 31.0 Å². The number of amides is 2. The minimum atomic E-state index is -2.87. The van der Waals surface area contributed by atoms with Crippen molar-refractivity contribution in [2.45, 2.75) is 26.9 Å². The molecule has 0 unspecified atom stereocenters. The van der Waals surface area contributed by atoms with Crippen molar-refractivity contribution in [1.82, 2.24) is 5.32 Å². The third-order valence-electron chi connectivity index (χ3n) is 2.55. The minimum Gasteiger partial charge on any atom is -0.435 e. The molecule has 21 heavy (non-hydrogen) atoms. The highest BCUT2D eigenvalue weighted by molar-refractivity contribution is 5.90. The lowest BCUT2D eigenvalue weighted by Crippen LogP contribution is -2.31. The summed E-state index contributed by atoms with van der Waals surface area (Å²) in [7, 11) is 0. The van der Waals surface area contributed by atoms with Gasteiger partial charge in [-0.25, -0.2) is 4.79 Å². The maximum atomic E-state index is 12.1. The zero-order valence-corrected chi connectivity index (χ0v) is 12.1. The van der Waals surface area contributed by atoms with Crippen LogP contribution in [0.4, 0.5) is 19.3 Å². The predicted molar refractivity (Wildman–Crippen MR) is 75.9 cm³/mol. The van der Waals surface area contributed by atoms with Crippen molar-refractivity contribution in [1.29, 1.82) is 0 Å². The van der Waals surface area contributed by atoms with Gasteiger partial charge < -0.3 is 20.1 Å². The molecule has 1 rings (SSSR count). The molecule has 1 aromatic carbocycles. The van der Waals surface area contributed by atoms with Crippen LogP contribution in [0.3, 0.4) is 0 Å². The summed E-state index contributed by atoms with van der Waals surface area (Å²) in [6.07, 6.45) is 0.929. The van der Waals surface area contributed by atoms with Gasteiger partial charge in [0.1, 0.15) is 5.75 Å². The fourth-order valence-electron chi connectivity index (χ4n) is 1.60. The molecule has 7 heteroatoms. The number of benzene rings is 1. The maximum absolute atomic E-state index is 12.1. The summed E-state index contributed by atoms with van der Waals surface area (Å²) in [5.41, 5.74) is 1.16. The summed E-state index contributed by atoms with van der Waals surface area (Å²) in [5.74, 6) is 0.0569. The molecule has 0 saturated carbocycles.